The highest BCUT2D eigenvalue weighted by atomic mass is 16.5. The fourth-order valence-electron chi connectivity index (χ4n) is 1.12. The number of carbonyl (C=O) groups excluding carboxylic acids is 1. The third-order valence-electron chi connectivity index (χ3n) is 2.06. The normalized spacial score (nSPS) is 18.2. The minimum atomic E-state index is -0.243. The van der Waals surface area contributed by atoms with Crippen molar-refractivity contribution in [3.63, 3.8) is 0 Å². The summed E-state index contributed by atoms with van der Waals surface area (Å²) in [7, 11) is 1.57. The average Bonchev–Trinajstić information content (AvgIpc) is 2.56. The fraction of sp³-hybridized carbons (Fsp3) is 0.421. The molecule has 2 atom stereocenters. The van der Waals surface area contributed by atoms with E-state index in [-0.39, 0.29) is 12.0 Å². The first kappa shape index (κ1) is 25.1. The lowest BCUT2D eigenvalue weighted by Crippen LogP contribution is -2.29. The summed E-state index contributed by atoms with van der Waals surface area (Å²) in [6, 6.07) is -0.243. The van der Waals surface area contributed by atoms with E-state index in [1.807, 2.05) is 26.0 Å². The fourth-order valence-corrected chi connectivity index (χ4v) is 1.12. The molecule has 2 unspecified atom stereocenters. The van der Waals surface area contributed by atoms with Gasteiger partial charge in [-0.25, -0.2) is 0 Å². The van der Waals surface area contributed by atoms with Gasteiger partial charge in [0.15, 0.2) is 0 Å². The summed E-state index contributed by atoms with van der Waals surface area (Å²) >= 11 is 0. The standard InChI is InChI=1S/C8H11NO2.C6H8.C3H8.C2H6/c1-11-7-3-2-6(5-10)8(9)4-7;1-3-5-6-4-2;1-3-2;1-2/h2-6,8H,9H2,1H3;3-6H,1-2H2;3H2,1-2H3;1-2H3/b;6-5-;;. The van der Waals surface area contributed by atoms with E-state index in [9.17, 15) is 4.79 Å². The van der Waals surface area contributed by atoms with Gasteiger partial charge in [0.2, 0.25) is 0 Å². The van der Waals surface area contributed by atoms with Crippen LogP contribution in [-0.4, -0.2) is 19.4 Å². The van der Waals surface area contributed by atoms with Gasteiger partial charge in [0.05, 0.1) is 13.0 Å². The lowest BCUT2D eigenvalue weighted by atomic mass is 9.97. The maximum atomic E-state index is 10.4. The van der Waals surface area contributed by atoms with Gasteiger partial charge in [-0.2, -0.15) is 0 Å². The van der Waals surface area contributed by atoms with Crippen LogP contribution in [0.15, 0.2) is 61.4 Å². The van der Waals surface area contributed by atoms with Crippen molar-refractivity contribution in [2.24, 2.45) is 11.7 Å². The molecule has 0 fully saturated rings. The van der Waals surface area contributed by atoms with Gasteiger partial charge in [-0.15, -0.1) is 0 Å². The molecule has 2 N–H and O–H groups in total. The van der Waals surface area contributed by atoms with Gasteiger partial charge in [0.1, 0.15) is 12.0 Å². The first-order valence-electron chi connectivity index (χ1n) is 7.66. The highest BCUT2D eigenvalue weighted by molar-refractivity contribution is 5.60. The summed E-state index contributed by atoms with van der Waals surface area (Å²) in [5, 5.41) is 0. The summed E-state index contributed by atoms with van der Waals surface area (Å²) in [4.78, 5) is 10.4. The number of ether oxygens (including phenoxy) is 1. The lowest BCUT2D eigenvalue weighted by Gasteiger charge is -2.16. The van der Waals surface area contributed by atoms with Crippen LogP contribution in [-0.2, 0) is 9.53 Å². The molecular formula is C19H33NO2. The molecular weight excluding hydrogens is 274 g/mol. The van der Waals surface area contributed by atoms with Crippen LogP contribution in [0.5, 0.6) is 0 Å². The third kappa shape index (κ3) is 16.2. The number of rotatable bonds is 4. The van der Waals surface area contributed by atoms with Gasteiger partial charge in [0, 0.05) is 6.04 Å². The Morgan fingerprint density at radius 3 is 1.95 bits per heavy atom. The highest BCUT2D eigenvalue weighted by Crippen LogP contribution is 2.13. The number of nitrogens with two attached hydrogens (primary N) is 1. The van der Waals surface area contributed by atoms with E-state index >= 15 is 0 Å². The minimum Gasteiger partial charge on any atom is -0.497 e. The van der Waals surface area contributed by atoms with E-state index in [0.717, 1.165) is 12.0 Å². The van der Waals surface area contributed by atoms with Crippen LogP contribution in [0.3, 0.4) is 0 Å². The van der Waals surface area contributed by atoms with Crippen molar-refractivity contribution in [2.45, 2.75) is 40.2 Å². The van der Waals surface area contributed by atoms with Crippen molar-refractivity contribution in [3.05, 3.63) is 61.4 Å². The zero-order chi connectivity index (χ0) is 17.8. The van der Waals surface area contributed by atoms with Crippen molar-refractivity contribution < 1.29 is 9.53 Å². The molecule has 0 radical (unpaired) electrons. The number of carbonyl (C=O) groups is 1. The van der Waals surface area contributed by atoms with Crippen molar-refractivity contribution in [1.29, 1.82) is 0 Å². The maximum Gasteiger partial charge on any atom is 0.128 e. The largest absolute Gasteiger partial charge is 0.497 e. The zero-order valence-electron chi connectivity index (χ0n) is 14.8. The molecule has 22 heavy (non-hydrogen) atoms. The quantitative estimate of drug-likeness (QED) is 0.610. The SMILES string of the molecule is C=C/C=C\C=C.CC.CCC.COC1=CC(N)C(C=O)C=C1. The monoisotopic (exact) mass is 307 g/mol. The van der Waals surface area contributed by atoms with E-state index < -0.39 is 0 Å². The van der Waals surface area contributed by atoms with Crippen LogP contribution in [0, 0.1) is 5.92 Å². The Bertz CT molecular complexity index is 344. The first-order chi connectivity index (χ1) is 10.6. The highest BCUT2D eigenvalue weighted by Gasteiger charge is 2.16. The molecule has 0 spiro atoms. The smallest absolute Gasteiger partial charge is 0.128 e. The molecule has 0 heterocycles. The molecule has 3 heteroatoms. The number of hydrogen-bond donors (Lipinski definition) is 1. The Labute approximate surface area is 136 Å². The molecule has 0 saturated carbocycles. The summed E-state index contributed by atoms with van der Waals surface area (Å²) in [5.74, 6) is 0.518. The summed E-state index contributed by atoms with van der Waals surface area (Å²) in [5.41, 5.74) is 5.62. The van der Waals surface area contributed by atoms with E-state index in [4.69, 9.17) is 10.5 Å². The van der Waals surface area contributed by atoms with Crippen LogP contribution in [0.2, 0.25) is 0 Å². The molecule has 0 saturated heterocycles. The Kier molecular flexibility index (Phi) is 24.5. The molecule has 1 rings (SSSR count). The van der Waals surface area contributed by atoms with Gasteiger partial charge in [-0.05, 0) is 12.2 Å². The van der Waals surface area contributed by atoms with Gasteiger partial charge in [-0.1, -0.05) is 77.7 Å². The van der Waals surface area contributed by atoms with Gasteiger partial charge in [0.25, 0.3) is 0 Å². The minimum absolute atomic E-state index is 0.200. The van der Waals surface area contributed by atoms with Crippen LogP contribution in [0.4, 0.5) is 0 Å². The topological polar surface area (TPSA) is 52.3 Å². The Balaban J connectivity index is -0.000000279. The third-order valence-corrected chi connectivity index (χ3v) is 2.06. The molecule has 0 aromatic rings. The van der Waals surface area contributed by atoms with Crippen LogP contribution >= 0.6 is 0 Å². The number of allylic oxidation sites excluding steroid dienone is 5. The summed E-state index contributed by atoms with van der Waals surface area (Å²) < 4.78 is 4.93. The molecule has 0 aromatic carbocycles. The van der Waals surface area contributed by atoms with Crippen molar-refractivity contribution in [1.82, 2.24) is 0 Å². The van der Waals surface area contributed by atoms with Crippen molar-refractivity contribution >= 4 is 6.29 Å². The number of hydrogen-bond acceptors (Lipinski definition) is 3. The first-order valence-corrected chi connectivity index (χ1v) is 7.66. The second-order valence-corrected chi connectivity index (χ2v) is 3.99. The number of methoxy groups -OCH3 is 1. The van der Waals surface area contributed by atoms with Crippen molar-refractivity contribution in [2.75, 3.05) is 7.11 Å². The second kappa shape index (κ2) is 21.4. The van der Waals surface area contributed by atoms with Crippen LogP contribution in [0.25, 0.3) is 0 Å². The second-order valence-electron chi connectivity index (χ2n) is 3.99. The summed E-state index contributed by atoms with van der Waals surface area (Å²) in [6.07, 6.45) is 14.4. The molecule has 126 valence electrons. The maximum absolute atomic E-state index is 10.4. The van der Waals surface area contributed by atoms with Gasteiger partial charge < -0.3 is 15.3 Å². The van der Waals surface area contributed by atoms with E-state index in [1.54, 1.807) is 37.5 Å². The van der Waals surface area contributed by atoms with Crippen LogP contribution < -0.4 is 5.73 Å². The predicted molar refractivity (Wildman–Crippen MR) is 98.6 cm³/mol. The summed E-state index contributed by atoms with van der Waals surface area (Å²) in [6.45, 7) is 15.2. The molecule has 1 aliphatic rings. The lowest BCUT2D eigenvalue weighted by molar-refractivity contribution is -0.110. The Morgan fingerprint density at radius 2 is 1.68 bits per heavy atom. The van der Waals surface area contributed by atoms with Crippen LogP contribution in [0.1, 0.15) is 34.1 Å². The molecule has 0 aromatic heterocycles. The molecule has 1 aliphatic carbocycles. The Hall–Kier alpha value is -1.87. The molecule has 0 aliphatic heterocycles. The number of aldehydes is 1. The van der Waals surface area contributed by atoms with E-state index in [0.29, 0.717) is 0 Å². The zero-order valence-corrected chi connectivity index (χ0v) is 14.8. The Morgan fingerprint density at radius 1 is 1.23 bits per heavy atom. The van der Waals surface area contributed by atoms with Crippen molar-refractivity contribution in [3.8, 4) is 0 Å². The average molecular weight is 307 g/mol. The molecule has 0 amide bonds. The van der Waals surface area contributed by atoms with Gasteiger partial charge in [-0.3, -0.25) is 0 Å². The molecule has 0 bridgehead atoms. The van der Waals surface area contributed by atoms with E-state index in [1.165, 1.54) is 6.42 Å². The predicted octanol–water partition coefficient (Wildman–Crippen LogP) is 4.59. The van der Waals surface area contributed by atoms with E-state index in [2.05, 4.69) is 27.0 Å². The van der Waals surface area contributed by atoms with Gasteiger partial charge >= 0.3 is 0 Å². The molecule has 3 nitrogen and oxygen atoms in total.